The largest absolute Gasteiger partial charge is 0.460 e. The van der Waals surface area contributed by atoms with Gasteiger partial charge in [-0.2, -0.15) is 0 Å². The number of ether oxygens (including phenoxy) is 1. The summed E-state index contributed by atoms with van der Waals surface area (Å²) in [5.41, 5.74) is 4.86. The second-order valence-corrected chi connectivity index (χ2v) is 1.65. The van der Waals surface area contributed by atoms with Crippen molar-refractivity contribution in [2.75, 3.05) is 13.3 Å². The molecule has 0 radical (unpaired) electrons. The standard InChI is InChI=1S/C4H7N3O2/c5-4(8)1-7-3-9-2-6-7/h2H,1,3H2,(H2,5,8). The van der Waals surface area contributed by atoms with Crippen molar-refractivity contribution in [2.24, 2.45) is 10.8 Å². The molecule has 0 aliphatic carbocycles. The highest BCUT2D eigenvalue weighted by atomic mass is 16.5. The molecule has 50 valence electrons. The van der Waals surface area contributed by atoms with Gasteiger partial charge in [-0.1, -0.05) is 0 Å². The third kappa shape index (κ3) is 1.60. The zero-order valence-corrected chi connectivity index (χ0v) is 4.78. The second kappa shape index (κ2) is 2.34. The quantitative estimate of drug-likeness (QED) is 0.504. The van der Waals surface area contributed by atoms with E-state index in [0.717, 1.165) is 0 Å². The molecule has 0 unspecified atom stereocenters. The first kappa shape index (κ1) is 5.87. The van der Waals surface area contributed by atoms with Gasteiger partial charge in [-0.15, -0.1) is 5.10 Å². The molecule has 1 heterocycles. The Bertz CT molecular complexity index is 145. The summed E-state index contributed by atoms with van der Waals surface area (Å²) in [4.78, 5) is 10.2. The van der Waals surface area contributed by atoms with Gasteiger partial charge in [0, 0.05) is 0 Å². The van der Waals surface area contributed by atoms with E-state index in [9.17, 15) is 4.79 Å². The lowest BCUT2D eigenvalue weighted by Crippen LogP contribution is -2.28. The lowest BCUT2D eigenvalue weighted by molar-refractivity contribution is -0.119. The Labute approximate surface area is 52.1 Å². The summed E-state index contributed by atoms with van der Waals surface area (Å²) < 4.78 is 4.68. The topological polar surface area (TPSA) is 67.9 Å². The Kier molecular flexibility index (Phi) is 1.53. The first-order valence-corrected chi connectivity index (χ1v) is 2.46. The fourth-order valence-electron chi connectivity index (χ4n) is 0.519. The fraction of sp³-hybridized carbons (Fsp3) is 0.500. The summed E-state index contributed by atoms with van der Waals surface area (Å²) in [5.74, 6) is -0.405. The van der Waals surface area contributed by atoms with Crippen LogP contribution in [-0.2, 0) is 9.53 Å². The number of rotatable bonds is 2. The van der Waals surface area contributed by atoms with Crippen LogP contribution in [0.1, 0.15) is 0 Å². The maximum atomic E-state index is 10.2. The molecule has 0 saturated heterocycles. The highest BCUT2D eigenvalue weighted by Crippen LogP contribution is 1.93. The van der Waals surface area contributed by atoms with Crippen molar-refractivity contribution in [2.45, 2.75) is 0 Å². The lowest BCUT2D eigenvalue weighted by Gasteiger charge is -2.06. The summed E-state index contributed by atoms with van der Waals surface area (Å²) in [7, 11) is 0. The highest BCUT2D eigenvalue weighted by Gasteiger charge is 2.07. The Balaban J connectivity index is 2.28. The van der Waals surface area contributed by atoms with E-state index in [4.69, 9.17) is 5.73 Å². The summed E-state index contributed by atoms with van der Waals surface area (Å²) in [6.45, 7) is 0.444. The molecule has 0 fully saturated rings. The van der Waals surface area contributed by atoms with Crippen molar-refractivity contribution in [3.05, 3.63) is 0 Å². The summed E-state index contributed by atoms with van der Waals surface area (Å²) in [5, 5.41) is 5.09. The lowest BCUT2D eigenvalue weighted by atomic mass is 10.6. The second-order valence-electron chi connectivity index (χ2n) is 1.65. The van der Waals surface area contributed by atoms with Crippen molar-refractivity contribution in [3.63, 3.8) is 0 Å². The van der Waals surface area contributed by atoms with E-state index in [1.807, 2.05) is 0 Å². The van der Waals surface area contributed by atoms with E-state index in [2.05, 4.69) is 9.84 Å². The molecule has 0 atom stereocenters. The molecule has 0 bridgehead atoms. The number of nitrogens with two attached hydrogens (primary N) is 1. The third-order valence-corrected chi connectivity index (χ3v) is 0.847. The van der Waals surface area contributed by atoms with Gasteiger partial charge in [0.15, 0.2) is 13.1 Å². The van der Waals surface area contributed by atoms with Crippen molar-refractivity contribution in [3.8, 4) is 0 Å². The van der Waals surface area contributed by atoms with E-state index in [0.29, 0.717) is 6.73 Å². The number of carbonyl (C=O) groups is 1. The number of carbonyl (C=O) groups excluding carboxylic acids is 1. The van der Waals surface area contributed by atoms with Gasteiger partial charge in [-0.25, -0.2) is 5.01 Å². The number of primary amides is 1. The molecule has 0 aromatic carbocycles. The molecular formula is C4H7N3O2. The van der Waals surface area contributed by atoms with E-state index >= 15 is 0 Å². The van der Waals surface area contributed by atoms with Crippen LogP contribution in [0.3, 0.4) is 0 Å². The maximum Gasteiger partial charge on any atom is 0.238 e. The predicted octanol–water partition coefficient (Wildman–Crippen LogP) is -1.30. The molecule has 0 spiro atoms. The van der Waals surface area contributed by atoms with Gasteiger partial charge in [-0.05, 0) is 0 Å². The summed E-state index contributed by atoms with van der Waals surface area (Å²) in [6.07, 6.45) is 1.28. The van der Waals surface area contributed by atoms with Crippen LogP contribution in [0.15, 0.2) is 5.10 Å². The number of hydrazone groups is 1. The van der Waals surface area contributed by atoms with Gasteiger partial charge >= 0.3 is 0 Å². The van der Waals surface area contributed by atoms with Gasteiger partial charge < -0.3 is 10.5 Å². The van der Waals surface area contributed by atoms with E-state index < -0.39 is 5.91 Å². The molecule has 1 aliphatic heterocycles. The number of hydrogen-bond donors (Lipinski definition) is 1. The molecule has 1 amide bonds. The number of amides is 1. The Morgan fingerprint density at radius 2 is 2.78 bits per heavy atom. The van der Waals surface area contributed by atoms with Crippen molar-refractivity contribution < 1.29 is 9.53 Å². The first-order valence-electron chi connectivity index (χ1n) is 2.46. The normalized spacial score (nSPS) is 15.8. The molecule has 1 rings (SSSR count). The predicted molar refractivity (Wildman–Crippen MR) is 30.3 cm³/mol. The van der Waals surface area contributed by atoms with Crippen LogP contribution in [0, 0.1) is 0 Å². The van der Waals surface area contributed by atoms with Crippen LogP contribution < -0.4 is 5.73 Å². The summed E-state index contributed by atoms with van der Waals surface area (Å²) in [6, 6.07) is 0. The van der Waals surface area contributed by atoms with E-state index in [-0.39, 0.29) is 6.54 Å². The minimum Gasteiger partial charge on any atom is -0.460 e. The smallest absolute Gasteiger partial charge is 0.238 e. The van der Waals surface area contributed by atoms with E-state index in [1.54, 1.807) is 0 Å². The molecule has 9 heavy (non-hydrogen) atoms. The average molecular weight is 129 g/mol. The minimum atomic E-state index is -0.405. The van der Waals surface area contributed by atoms with Crippen molar-refractivity contribution >= 4 is 12.3 Å². The molecular weight excluding hydrogens is 122 g/mol. The van der Waals surface area contributed by atoms with Crippen LogP contribution in [0.4, 0.5) is 0 Å². The molecule has 0 saturated carbocycles. The number of hydrogen-bond acceptors (Lipinski definition) is 4. The zero-order valence-electron chi connectivity index (χ0n) is 4.78. The SMILES string of the molecule is NC(=O)CN1COC=N1. The first-order chi connectivity index (χ1) is 4.29. The molecule has 1 aliphatic rings. The van der Waals surface area contributed by atoms with Crippen LogP contribution in [-0.4, -0.2) is 30.6 Å². The monoisotopic (exact) mass is 129 g/mol. The van der Waals surface area contributed by atoms with Crippen molar-refractivity contribution in [1.82, 2.24) is 5.01 Å². The van der Waals surface area contributed by atoms with Gasteiger partial charge in [0.05, 0.1) is 0 Å². The molecule has 2 N–H and O–H groups in total. The molecule has 0 aromatic heterocycles. The maximum absolute atomic E-state index is 10.2. The molecule has 0 aromatic rings. The van der Waals surface area contributed by atoms with Crippen LogP contribution in [0.5, 0.6) is 0 Å². The Morgan fingerprint density at radius 3 is 3.22 bits per heavy atom. The van der Waals surface area contributed by atoms with Gasteiger partial charge in [0.2, 0.25) is 5.91 Å². The Hall–Kier alpha value is -1.26. The van der Waals surface area contributed by atoms with Crippen molar-refractivity contribution in [1.29, 1.82) is 0 Å². The summed E-state index contributed by atoms with van der Waals surface area (Å²) >= 11 is 0. The van der Waals surface area contributed by atoms with Crippen LogP contribution in [0.25, 0.3) is 0 Å². The molecule has 5 heteroatoms. The third-order valence-electron chi connectivity index (χ3n) is 0.847. The van der Waals surface area contributed by atoms with Crippen LogP contribution >= 0.6 is 0 Å². The molecule has 5 nitrogen and oxygen atoms in total. The van der Waals surface area contributed by atoms with Gasteiger partial charge in [0.25, 0.3) is 0 Å². The van der Waals surface area contributed by atoms with E-state index in [1.165, 1.54) is 11.4 Å². The minimum absolute atomic E-state index is 0.122. The van der Waals surface area contributed by atoms with Gasteiger partial charge in [-0.3, -0.25) is 4.79 Å². The number of nitrogens with zero attached hydrogens (tertiary/aromatic N) is 2. The van der Waals surface area contributed by atoms with Gasteiger partial charge in [0.1, 0.15) is 6.54 Å². The van der Waals surface area contributed by atoms with Crippen LogP contribution in [0.2, 0.25) is 0 Å². The average Bonchev–Trinajstić information content (AvgIpc) is 2.15. The Morgan fingerprint density at radius 1 is 2.00 bits per heavy atom. The fourth-order valence-corrected chi connectivity index (χ4v) is 0.519. The highest BCUT2D eigenvalue weighted by molar-refractivity contribution is 5.76. The zero-order chi connectivity index (χ0) is 6.69.